The van der Waals surface area contributed by atoms with Gasteiger partial charge in [0.2, 0.25) is 5.91 Å². The van der Waals surface area contributed by atoms with E-state index in [1.165, 1.54) is 4.90 Å². The van der Waals surface area contributed by atoms with E-state index in [0.29, 0.717) is 40.2 Å². The van der Waals surface area contributed by atoms with E-state index in [-0.39, 0.29) is 18.9 Å². The first-order valence-electron chi connectivity index (χ1n) is 10.4. The van der Waals surface area contributed by atoms with Gasteiger partial charge < -0.3 is 19.9 Å². The summed E-state index contributed by atoms with van der Waals surface area (Å²) in [6.45, 7) is 4.42. The summed E-state index contributed by atoms with van der Waals surface area (Å²) in [7, 11) is 1.54. The molecule has 0 unspecified atom stereocenters. The second-order valence-corrected chi connectivity index (χ2v) is 8.70. The average Bonchev–Trinajstić information content (AvgIpc) is 3.02. The zero-order valence-electron chi connectivity index (χ0n) is 18.4. The highest BCUT2D eigenvalue weighted by molar-refractivity contribution is 8.26. The van der Waals surface area contributed by atoms with Crippen molar-refractivity contribution in [3.05, 3.63) is 28.7 Å². The zero-order chi connectivity index (χ0) is 23.7. The van der Waals surface area contributed by atoms with Gasteiger partial charge in [-0.25, -0.2) is 4.79 Å². The number of amides is 2. The van der Waals surface area contributed by atoms with Crippen molar-refractivity contribution in [3.63, 3.8) is 0 Å². The summed E-state index contributed by atoms with van der Waals surface area (Å²) >= 11 is 6.47. The van der Waals surface area contributed by atoms with Crippen LogP contribution in [0.1, 0.15) is 45.1 Å². The molecule has 1 aliphatic heterocycles. The number of aliphatic carboxylic acids is 1. The third kappa shape index (κ3) is 6.96. The molecule has 10 heteroatoms. The molecule has 8 nitrogen and oxygen atoms in total. The number of hydrogen-bond acceptors (Lipinski definition) is 7. The van der Waals surface area contributed by atoms with Gasteiger partial charge in [-0.3, -0.25) is 14.5 Å². The maximum absolute atomic E-state index is 12.8. The topological polar surface area (TPSA) is 105 Å². The number of thiocarbonyl (C=S) groups is 1. The lowest BCUT2D eigenvalue weighted by Crippen LogP contribution is -2.42. The SMILES string of the molecule is CCCC[C@H](NC(=O)CCN1C(=O)/C(=C\c2ccc(OCC)c(OC)c2)SC1=S)C(=O)O. The van der Waals surface area contributed by atoms with Gasteiger partial charge in [0.15, 0.2) is 11.5 Å². The molecule has 1 heterocycles. The fourth-order valence-electron chi connectivity index (χ4n) is 3.04. The van der Waals surface area contributed by atoms with E-state index < -0.39 is 17.9 Å². The number of carboxylic acid groups (broad SMARTS) is 1. The summed E-state index contributed by atoms with van der Waals surface area (Å²) < 4.78 is 11.2. The van der Waals surface area contributed by atoms with Gasteiger partial charge in [-0.2, -0.15) is 0 Å². The number of nitrogens with zero attached hydrogens (tertiary/aromatic N) is 1. The molecule has 0 bridgehead atoms. The Hall–Kier alpha value is -2.59. The Bertz CT molecular complexity index is 902. The molecule has 0 aliphatic carbocycles. The van der Waals surface area contributed by atoms with Gasteiger partial charge in [-0.05, 0) is 37.1 Å². The number of carbonyl (C=O) groups excluding carboxylic acids is 2. The van der Waals surface area contributed by atoms with Gasteiger partial charge in [-0.15, -0.1) is 0 Å². The number of methoxy groups -OCH3 is 1. The monoisotopic (exact) mass is 480 g/mol. The van der Waals surface area contributed by atoms with E-state index in [1.54, 1.807) is 25.3 Å². The molecule has 2 rings (SSSR count). The number of rotatable bonds is 12. The van der Waals surface area contributed by atoms with Gasteiger partial charge >= 0.3 is 5.97 Å². The number of hydrogen-bond donors (Lipinski definition) is 2. The lowest BCUT2D eigenvalue weighted by molar-refractivity contribution is -0.142. The minimum absolute atomic E-state index is 0.0352. The van der Waals surface area contributed by atoms with E-state index >= 15 is 0 Å². The van der Waals surface area contributed by atoms with Crippen LogP contribution in [0.4, 0.5) is 0 Å². The van der Waals surface area contributed by atoms with Crippen LogP contribution in [-0.4, -0.2) is 58.4 Å². The van der Waals surface area contributed by atoms with Crippen molar-refractivity contribution >= 4 is 52.2 Å². The fraction of sp³-hybridized carbons (Fsp3) is 0.455. The largest absolute Gasteiger partial charge is 0.493 e. The number of ether oxygens (including phenoxy) is 2. The molecule has 1 aromatic carbocycles. The second-order valence-electron chi connectivity index (χ2n) is 7.03. The van der Waals surface area contributed by atoms with Gasteiger partial charge in [0.05, 0.1) is 18.6 Å². The van der Waals surface area contributed by atoms with Crippen LogP contribution in [0.15, 0.2) is 23.1 Å². The molecule has 0 spiro atoms. The summed E-state index contributed by atoms with van der Waals surface area (Å²) in [6, 6.07) is 4.43. The lowest BCUT2D eigenvalue weighted by Gasteiger charge is -2.17. The van der Waals surface area contributed by atoms with Crippen LogP contribution in [0.2, 0.25) is 0 Å². The van der Waals surface area contributed by atoms with Crippen molar-refractivity contribution in [2.24, 2.45) is 0 Å². The van der Waals surface area contributed by atoms with E-state index in [0.717, 1.165) is 23.7 Å². The van der Waals surface area contributed by atoms with E-state index in [9.17, 15) is 19.5 Å². The smallest absolute Gasteiger partial charge is 0.326 e. The highest BCUT2D eigenvalue weighted by atomic mass is 32.2. The highest BCUT2D eigenvalue weighted by Gasteiger charge is 2.32. The first kappa shape index (κ1) is 25.7. The number of thioether (sulfide) groups is 1. The molecule has 1 fully saturated rings. The third-order valence-electron chi connectivity index (χ3n) is 4.70. The van der Waals surface area contributed by atoms with Crippen LogP contribution >= 0.6 is 24.0 Å². The maximum Gasteiger partial charge on any atom is 0.326 e. The van der Waals surface area contributed by atoms with Gasteiger partial charge in [0.1, 0.15) is 10.4 Å². The highest BCUT2D eigenvalue weighted by Crippen LogP contribution is 2.34. The Kier molecular flexibility index (Phi) is 9.98. The fourth-order valence-corrected chi connectivity index (χ4v) is 4.35. The summed E-state index contributed by atoms with van der Waals surface area (Å²) in [6.07, 6.45) is 3.58. The molecule has 1 saturated heterocycles. The van der Waals surface area contributed by atoms with E-state index in [4.69, 9.17) is 21.7 Å². The van der Waals surface area contributed by atoms with Crippen molar-refractivity contribution in [2.75, 3.05) is 20.3 Å². The number of unbranched alkanes of at least 4 members (excludes halogenated alkanes) is 1. The van der Waals surface area contributed by atoms with Crippen molar-refractivity contribution in [3.8, 4) is 11.5 Å². The van der Waals surface area contributed by atoms with Crippen LogP contribution in [-0.2, 0) is 14.4 Å². The van der Waals surface area contributed by atoms with Crippen LogP contribution in [0.5, 0.6) is 11.5 Å². The molecule has 0 radical (unpaired) electrons. The Balaban J connectivity index is 2.02. The molecule has 0 saturated carbocycles. The molecule has 1 aromatic rings. The summed E-state index contributed by atoms with van der Waals surface area (Å²) in [5, 5.41) is 11.8. The third-order valence-corrected chi connectivity index (χ3v) is 6.08. The number of carboxylic acids is 1. The number of carbonyl (C=O) groups is 3. The molecule has 1 aliphatic rings. The predicted molar refractivity (Wildman–Crippen MR) is 128 cm³/mol. The Morgan fingerprint density at radius 3 is 2.69 bits per heavy atom. The summed E-state index contributed by atoms with van der Waals surface area (Å²) in [5.41, 5.74) is 0.753. The first-order chi connectivity index (χ1) is 15.3. The van der Waals surface area contributed by atoms with Crippen LogP contribution in [0, 0.1) is 0 Å². The molecular formula is C22H28N2O6S2. The van der Waals surface area contributed by atoms with Gasteiger partial charge in [-0.1, -0.05) is 49.8 Å². The quantitative estimate of drug-likeness (QED) is 0.346. The van der Waals surface area contributed by atoms with E-state index in [2.05, 4.69) is 5.32 Å². The minimum Gasteiger partial charge on any atom is -0.493 e. The molecular weight excluding hydrogens is 452 g/mol. The Morgan fingerprint density at radius 2 is 2.06 bits per heavy atom. The average molecular weight is 481 g/mol. The number of benzene rings is 1. The van der Waals surface area contributed by atoms with Crippen LogP contribution < -0.4 is 14.8 Å². The second kappa shape index (κ2) is 12.4. The Labute approximate surface area is 197 Å². The van der Waals surface area contributed by atoms with Crippen molar-refractivity contribution in [1.29, 1.82) is 0 Å². The molecule has 174 valence electrons. The zero-order valence-corrected chi connectivity index (χ0v) is 20.0. The molecule has 2 amide bonds. The molecule has 0 aromatic heterocycles. The van der Waals surface area contributed by atoms with Crippen LogP contribution in [0.25, 0.3) is 6.08 Å². The molecule has 2 N–H and O–H groups in total. The standard InChI is InChI=1S/C22H28N2O6S2/c1-4-6-7-15(21(27)28)23-19(25)10-11-24-20(26)18(32-22(24)31)13-14-8-9-16(30-5-2)17(12-14)29-3/h8-9,12-13,15H,4-7,10-11H2,1-3H3,(H,23,25)(H,27,28)/b18-13+/t15-/m0/s1. The predicted octanol–water partition coefficient (Wildman–Crippen LogP) is 3.44. The van der Waals surface area contributed by atoms with Gasteiger partial charge in [0.25, 0.3) is 5.91 Å². The van der Waals surface area contributed by atoms with E-state index in [1.807, 2.05) is 19.9 Å². The normalized spacial score (nSPS) is 15.7. The van der Waals surface area contributed by atoms with Gasteiger partial charge in [0, 0.05) is 13.0 Å². The lowest BCUT2D eigenvalue weighted by atomic mass is 10.1. The summed E-state index contributed by atoms with van der Waals surface area (Å²) in [5.74, 6) is -0.608. The van der Waals surface area contributed by atoms with Crippen molar-refractivity contribution in [1.82, 2.24) is 10.2 Å². The minimum atomic E-state index is -1.06. The first-order valence-corrected chi connectivity index (χ1v) is 11.6. The van der Waals surface area contributed by atoms with Crippen molar-refractivity contribution < 1.29 is 29.0 Å². The maximum atomic E-state index is 12.8. The van der Waals surface area contributed by atoms with Crippen molar-refractivity contribution in [2.45, 2.75) is 45.6 Å². The summed E-state index contributed by atoms with van der Waals surface area (Å²) in [4.78, 5) is 38.1. The molecule has 1 atom stereocenters. The number of nitrogens with one attached hydrogen (secondary N) is 1. The molecule has 32 heavy (non-hydrogen) atoms. The Morgan fingerprint density at radius 1 is 1.31 bits per heavy atom. The van der Waals surface area contributed by atoms with Crippen LogP contribution in [0.3, 0.4) is 0 Å².